The quantitative estimate of drug-likeness (QED) is 0.402. The Labute approximate surface area is 160 Å². The van der Waals surface area contributed by atoms with Gasteiger partial charge in [-0.25, -0.2) is 0 Å². The zero-order valence-electron chi connectivity index (χ0n) is 14.4. The van der Waals surface area contributed by atoms with Crippen LogP contribution in [-0.4, -0.2) is 33.7 Å². The topological polar surface area (TPSA) is 108 Å². The summed E-state index contributed by atoms with van der Waals surface area (Å²) in [7, 11) is 0. The highest BCUT2D eigenvalue weighted by atomic mass is 32.1. The van der Waals surface area contributed by atoms with Crippen molar-refractivity contribution in [2.24, 2.45) is 0 Å². The molecule has 0 aliphatic heterocycles. The SMILES string of the molecule is Cc1cc(C(=O)NNC(=S)NC(=O)COc2ccc3ccccc3c2)n[nH]1. The lowest BCUT2D eigenvalue weighted by Crippen LogP contribution is -2.49. The fourth-order valence-electron chi connectivity index (χ4n) is 2.31. The zero-order chi connectivity index (χ0) is 19.2. The molecule has 2 amide bonds. The molecule has 2 aromatic carbocycles. The molecule has 3 aromatic rings. The van der Waals surface area contributed by atoms with Gasteiger partial charge in [-0.2, -0.15) is 5.10 Å². The van der Waals surface area contributed by atoms with Crippen LogP contribution in [0.2, 0.25) is 0 Å². The average molecular weight is 383 g/mol. The number of thiocarbonyl (C=S) groups is 1. The minimum atomic E-state index is -0.483. The maximum atomic E-state index is 11.9. The Hall–Kier alpha value is -3.46. The maximum Gasteiger partial charge on any atom is 0.290 e. The zero-order valence-corrected chi connectivity index (χ0v) is 15.2. The lowest BCUT2D eigenvalue weighted by atomic mass is 10.1. The summed E-state index contributed by atoms with van der Waals surface area (Å²) in [6, 6.07) is 15.0. The predicted octanol–water partition coefficient (Wildman–Crippen LogP) is 1.59. The van der Waals surface area contributed by atoms with Crippen LogP contribution in [0.25, 0.3) is 10.8 Å². The summed E-state index contributed by atoms with van der Waals surface area (Å²) in [6.45, 7) is 1.56. The van der Waals surface area contributed by atoms with Crippen molar-refractivity contribution in [2.45, 2.75) is 6.92 Å². The van der Waals surface area contributed by atoms with E-state index in [1.54, 1.807) is 19.1 Å². The first-order valence-electron chi connectivity index (χ1n) is 8.05. The van der Waals surface area contributed by atoms with Gasteiger partial charge in [-0.05, 0) is 48.1 Å². The molecule has 27 heavy (non-hydrogen) atoms. The molecule has 0 saturated carbocycles. The molecule has 9 heteroatoms. The number of H-pyrrole nitrogens is 1. The third-order valence-electron chi connectivity index (χ3n) is 3.57. The largest absolute Gasteiger partial charge is 0.484 e. The summed E-state index contributed by atoms with van der Waals surface area (Å²) >= 11 is 4.96. The summed E-state index contributed by atoms with van der Waals surface area (Å²) in [5, 5.41) is 10.9. The second-order valence-electron chi connectivity index (χ2n) is 5.69. The monoisotopic (exact) mass is 383 g/mol. The van der Waals surface area contributed by atoms with Gasteiger partial charge in [0.1, 0.15) is 5.75 Å². The predicted molar refractivity (Wildman–Crippen MR) is 104 cm³/mol. The third-order valence-corrected chi connectivity index (χ3v) is 3.78. The van der Waals surface area contributed by atoms with Crippen LogP contribution < -0.4 is 20.9 Å². The van der Waals surface area contributed by atoms with Gasteiger partial charge in [0.05, 0.1) is 0 Å². The van der Waals surface area contributed by atoms with Gasteiger partial charge in [0.2, 0.25) is 0 Å². The number of ether oxygens (including phenoxy) is 1. The Bertz CT molecular complexity index is 1000. The number of nitrogens with zero attached hydrogens (tertiary/aromatic N) is 1. The van der Waals surface area contributed by atoms with Gasteiger partial charge in [-0.15, -0.1) is 0 Å². The number of amides is 2. The van der Waals surface area contributed by atoms with Crippen molar-refractivity contribution >= 4 is 39.9 Å². The summed E-state index contributed by atoms with van der Waals surface area (Å²) in [5.74, 6) is -0.362. The molecule has 0 aliphatic carbocycles. The molecule has 1 heterocycles. The molecule has 0 unspecified atom stereocenters. The third kappa shape index (κ3) is 5.02. The van der Waals surface area contributed by atoms with Gasteiger partial charge in [0.25, 0.3) is 11.8 Å². The van der Waals surface area contributed by atoms with Crippen molar-refractivity contribution in [1.82, 2.24) is 26.4 Å². The number of rotatable bonds is 4. The standard InChI is InChI=1S/C18H17N5O3S/c1-11-8-15(21-20-11)17(25)22-23-18(27)19-16(24)10-26-14-7-6-12-4-2-3-5-13(12)9-14/h2-9H,10H2,1H3,(H,20,21)(H,22,25)(H2,19,23,24,27). The Morgan fingerprint density at radius 1 is 1.11 bits per heavy atom. The average Bonchev–Trinajstić information content (AvgIpc) is 3.11. The lowest BCUT2D eigenvalue weighted by Gasteiger charge is -2.11. The van der Waals surface area contributed by atoms with Crippen molar-refractivity contribution in [2.75, 3.05) is 6.61 Å². The van der Waals surface area contributed by atoms with Crippen LogP contribution in [0.1, 0.15) is 16.2 Å². The molecule has 0 fully saturated rings. The van der Waals surface area contributed by atoms with E-state index in [2.05, 4.69) is 26.4 Å². The van der Waals surface area contributed by atoms with Gasteiger partial charge >= 0.3 is 0 Å². The Morgan fingerprint density at radius 2 is 1.89 bits per heavy atom. The number of benzene rings is 2. The van der Waals surface area contributed by atoms with E-state index in [4.69, 9.17) is 17.0 Å². The molecule has 0 atom stereocenters. The van der Waals surface area contributed by atoms with Crippen LogP contribution >= 0.6 is 12.2 Å². The van der Waals surface area contributed by atoms with E-state index in [9.17, 15) is 9.59 Å². The second-order valence-corrected chi connectivity index (χ2v) is 6.10. The Kier molecular flexibility index (Phi) is 5.62. The number of aryl methyl sites for hydroxylation is 1. The highest BCUT2D eigenvalue weighted by molar-refractivity contribution is 7.80. The van der Waals surface area contributed by atoms with E-state index in [1.807, 2.05) is 36.4 Å². The van der Waals surface area contributed by atoms with Crippen molar-refractivity contribution in [3.8, 4) is 5.75 Å². The smallest absolute Gasteiger partial charge is 0.290 e. The van der Waals surface area contributed by atoms with E-state index < -0.39 is 11.8 Å². The molecule has 0 bridgehead atoms. The molecule has 0 radical (unpaired) electrons. The van der Waals surface area contributed by atoms with Crippen LogP contribution in [0.3, 0.4) is 0 Å². The normalized spacial score (nSPS) is 10.3. The van der Waals surface area contributed by atoms with E-state index in [0.717, 1.165) is 16.5 Å². The Morgan fingerprint density at radius 3 is 2.63 bits per heavy atom. The molecule has 1 aromatic heterocycles. The number of hydrogen-bond acceptors (Lipinski definition) is 5. The molecule has 4 N–H and O–H groups in total. The summed E-state index contributed by atoms with van der Waals surface area (Å²) in [5.41, 5.74) is 5.73. The van der Waals surface area contributed by atoms with Crippen LogP contribution in [0.15, 0.2) is 48.5 Å². The number of aromatic amines is 1. The first-order chi connectivity index (χ1) is 13.0. The van der Waals surface area contributed by atoms with Gasteiger partial charge in [-0.3, -0.25) is 30.9 Å². The van der Waals surface area contributed by atoms with Crippen molar-refractivity contribution in [3.05, 3.63) is 59.9 Å². The van der Waals surface area contributed by atoms with Crippen LogP contribution in [0.5, 0.6) is 5.75 Å². The summed E-state index contributed by atoms with van der Waals surface area (Å²) in [4.78, 5) is 23.7. The van der Waals surface area contributed by atoms with E-state index in [1.165, 1.54) is 0 Å². The van der Waals surface area contributed by atoms with Gasteiger partial charge < -0.3 is 4.74 Å². The van der Waals surface area contributed by atoms with E-state index >= 15 is 0 Å². The number of carbonyl (C=O) groups is 2. The molecule has 0 spiro atoms. The number of hydrogen-bond donors (Lipinski definition) is 4. The molecule has 0 aliphatic rings. The molecule has 3 rings (SSSR count). The molecular formula is C18H17N5O3S. The highest BCUT2D eigenvalue weighted by Gasteiger charge is 2.10. The van der Waals surface area contributed by atoms with Gasteiger partial charge in [-0.1, -0.05) is 30.3 Å². The fraction of sp³-hybridized carbons (Fsp3) is 0.111. The number of hydrazine groups is 1. The number of carbonyl (C=O) groups excluding carboxylic acids is 2. The van der Waals surface area contributed by atoms with Crippen molar-refractivity contribution in [1.29, 1.82) is 0 Å². The van der Waals surface area contributed by atoms with Crippen LogP contribution in [0.4, 0.5) is 0 Å². The highest BCUT2D eigenvalue weighted by Crippen LogP contribution is 2.20. The van der Waals surface area contributed by atoms with E-state index in [-0.39, 0.29) is 17.4 Å². The number of aromatic nitrogens is 2. The van der Waals surface area contributed by atoms with Crippen molar-refractivity contribution in [3.63, 3.8) is 0 Å². The van der Waals surface area contributed by atoms with E-state index in [0.29, 0.717) is 5.75 Å². The molecule has 138 valence electrons. The fourth-order valence-corrected chi connectivity index (χ4v) is 2.48. The minimum Gasteiger partial charge on any atom is -0.484 e. The summed E-state index contributed by atoms with van der Waals surface area (Å²) in [6.07, 6.45) is 0. The molecular weight excluding hydrogens is 366 g/mol. The van der Waals surface area contributed by atoms with Crippen LogP contribution in [0, 0.1) is 6.92 Å². The lowest BCUT2D eigenvalue weighted by molar-refractivity contribution is -0.121. The first-order valence-corrected chi connectivity index (χ1v) is 8.46. The van der Waals surface area contributed by atoms with Gasteiger partial charge in [0, 0.05) is 5.69 Å². The molecule has 0 saturated heterocycles. The number of fused-ring (bicyclic) bond motifs is 1. The second kappa shape index (κ2) is 8.28. The molecule has 8 nitrogen and oxygen atoms in total. The van der Waals surface area contributed by atoms with Crippen LogP contribution in [-0.2, 0) is 4.79 Å². The Balaban J connectivity index is 1.44. The number of nitrogens with one attached hydrogen (secondary N) is 4. The maximum absolute atomic E-state index is 11.9. The first kappa shape index (κ1) is 18.3. The minimum absolute atomic E-state index is 0.0530. The summed E-state index contributed by atoms with van der Waals surface area (Å²) < 4.78 is 5.47. The van der Waals surface area contributed by atoms with Gasteiger partial charge in [0.15, 0.2) is 17.4 Å². The van der Waals surface area contributed by atoms with Crippen molar-refractivity contribution < 1.29 is 14.3 Å².